The van der Waals surface area contributed by atoms with Crippen molar-refractivity contribution in [2.75, 3.05) is 17.2 Å². The van der Waals surface area contributed by atoms with Gasteiger partial charge < -0.3 is 15.7 Å². The van der Waals surface area contributed by atoms with E-state index in [1.807, 2.05) is 31.2 Å². The predicted molar refractivity (Wildman–Crippen MR) is 104 cm³/mol. The molecular formula is C20H23N5O. The van der Waals surface area contributed by atoms with Gasteiger partial charge in [0.05, 0.1) is 12.3 Å². The summed E-state index contributed by atoms with van der Waals surface area (Å²) in [4.78, 5) is 13.1. The smallest absolute Gasteiger partial charge is 0.225 e. The summed E-state index contributed by atoms with van der Waals surface area (Å²) >= 11 is 0. The third kappa shape index (κ3) is 4.77. The monoisotopic (exact) mass is 349 g/mol. The van der Waals surface area contributed by atoms with Crippen LogP contribution in [0.25, 0.3) is 11.3 Å². The molecule has 0 aliphatic rings. The van der Waals surface area contributed by atoms with Crippen LogP contribution in [0.1, 0.15) is 18.1 Å². The maximum atomic E-state index is 9.29. The molecule has 0 unspecified atom stereocenters. The number of aliphatic hydroxyl groups is 1. The molecule has 2 aromatic heterocycles. The van der Waals surface area contributed by atoms with Crippen LogP contribution in [0.15, 0.2) is 54.9 Å². The molecule has 6 nitrogen and oxygen atoms in total. The summed E-state index contributed by atoms with van der Waals surface area (Å²) in [5, 5.41) is 15.8. The third-order valence-corrected chi connectivity index (χ3v) is 3.91. The molecular weight excluding hydrogens is 326 g/mol. The van der Waals surface area contributed by atoms with Gasteiger partial charge in [0.2, 0.25) is 5.95 Å². The fraction of sp³-hybridized carbons (Fsp3) is 0.250. The molecule has 0 aliphatic carbocycles. The highest BCUT2D eigenvalue weighted by Gasteiger charge is 2.09. The molecule has 0 spiro atoms. The van der Waals surface area contributed by atoms with Crippen LogP contribution in [-0.2, 0) is 6.54 Å². The highest BCUT2D eigenvalue weighted by Crippen LogP contribution is 2.21. The molecule has 6 heteroatoms. The minimum atomic E-state index is -0.132. The lowest BCUT2D eigenvalue weighted by Gasteiger charge is -2.14. The van der Waals surface area contributed by atoms with E-state index in [0.29, 0.717) is 12.5 Å². The Bertz CT molecular complexity index is 854. The first-order valence-corrected chi connectivity index (χ1v) is 8.60. The molecule has 0 aliphatic heterocycles. The summed E-state index contributed by atoms with van der Waals surface area (Å²) in [6.07, 6.45) is 3.47. The van der Waals surface area contributed by atoms with E-state index in [2.05, 4.69) is 50.7 Å². The quantitative estimate of drug-likeness (QED) is 0.607. The Hall–Kier alpha value is -2.99. The van der Waals surface area contributed by atoms with Crippen molar-refractivity contribution in [3.05, 3.63) is 66.0 Å². The van der Waals surface area contributed by atoms with Gasteiger partial charge >= 0.3 is 0 Å². The number of hydrogen-bond donors (Lipinski definition) is 3. The molecule has 0 saturated heterocycles. The average molecular weight is 349 g/mol. The fourth-order valence-corrected chi connectivity index (χ4v) is 2.55. The number of benzene rings is 1. The standard InChI is InChI=1S/C20H23N5O/c1-14-4-3-5-16(10-14)12-22-19-11-18(17-6-8-21-9-7-17)24-20(25-19)23-15(2)13-26/h3-11,15,26H,12-13H2,1-2H3,(H2,22,23,24,25)/t15-/m1/s1. The first-order valence-electron chi connectivity index (χ1n) is 8.60. The number of aliphatic hydroxyl groups excluding tert-OH is 1. The van der Waals surface area contributed by atoms with Crippen molar-refractivity contribution < 1.29 is 5.11 Å². The number of rotatable bonds is 7. The Kier molecular flexibility index (Phi) is 5.76. The van der Waals surface area contributed by atoms with Crippen molar-refractivity contribution in [2.24, 2.45) is 0 Å². The number of nitrogens with zero attached hydrogens (tertiary/aromatic N) is 3. The number of aromatic nitrogens is 3. The van der Waals surface area contributed by atoms with E-state index in [9.17, 15) is 5.11 Å². The fourth-order valence-electron chi connectivity index (χ4n) is 2.55. The lowest BCUT2D eigenvalue weighted by Crippen LogP contribution is -2.21. The third-order valence-electron chi connectivity index (χ3n) is 3.91. The molecule has 0 bridgehead atoms. The Morgan fingerprint density at radius 2 is 1.88 bits per heavy atom. The van der Waals surface area contributed by atoms with Crippen molar-refractivity contribution in [3.63, 3.8) is 0 Å². The summed E-state index contributed by atoms with van der Waals surface area (Å²) in [6.45, 7) is 4.63. The summed E-state index contributed by atoms with van der Waals surface area (Å²) in [7, 11) is 0. The van der Waals surface area contributed by atoms with E-state index in [4.69, 9.17) is 0 Å². The molecule has 3 aromatic rings. The van der Waals surface area contributed by atoms with Gasteiger partial charge in [-0.25, -0.2) is 4.98 Å². The summed E-state index contributed by atoms with van der Waals surface area (Å²) in [5.74, 6) is 1.20. The van der Waals surface area contributed by atoms with Gasteiger partial charge in [-0.2, -0.15) is 4.98 Å². The van der Waals surface area contributed by atoms with Gasteiger partial charge in [-0.1, -0.05) is 29.8 Å². The molecule has 2 heterocycles. The number of pyridine rings is 1. The molecule has 0 saturated carbocycles. The van der Waals surface area contributed by atoms with E-state index in [1.165, 1.54) is 11.1 Å². The molecule has 3 N–H and O–H groups in total. The summed E-state index contributed by atoms with van der Waals surface area (Å²) in [6, 6.07) is 14.0. The molecule has 26 heavy (non-hydrogen) atoms. The Labute approximate surface area is 153 Å². The average Bonchev–Trinajstić information content (AvgIpc) is 2.67. The Morgan fingerprint density at radius 1 is 1.08 bits per heavy atom. The first kappa shape index (κ1) is 17.8. The lowest BCUT2D eigenvalue weighted by molar-refractivity contribution is 0.281. The van der Waals surface area contributed by atoms with Crippen LogP contribution in [0.3, 0.4) is 0 Å². The van der Waals surface area contributed by atoms with Crippen LogP contribution in [0.4, 0.5) is 11.8 Å². The first-order chi connectivity index (χ1) is 12.6. The van der Waals surface area contributed by atoms with Crippen LogP contribution in [0.2, 0.25) is 0 Å². The van der Waals surface area contributed by atoms with Crippen LogP contribution >= 0.6 is 0 Å². The number of aryl methyl sites for hydroxylation is 1. The molecule has 0 radical (unpaired) electrons. The molecule has 3 rings (SSSR count). The molecule has 0 fully saturated rings. The second-order valence-electron chi connectivity index (χ2n) is 6.27. The van der Waals surface area contributed by atoms with Gasteiger partial charge in [-0.3, -0.25) is 4.98 Å². The number of hydrogen-bond acceptors (Lipinski definition) is 6. The van der Waals surface area contributed by atoms with Gasteiger partial charge in [0.1, 0.15) is 5.82 Å². The highest BCUT2D eigenvalue weighted by molar-refractivity contribution is 5.64. The second kappa shape index (κ2) is 8.40. The van der Waals surface area contributed by atoms with Gasteiger partial charge in [0, 0.05) is 36.6 Å². The Morgan fingerprint density at radius 3 is 2.62 bits per heavy atom. The zero-order chi connectivity index (χ0) is 18.4. The van der Waals surface area contributed by atoms with Gasteiger partial charge in [0.15, 0.2) is 0 Å². The van der Waals surface area contributed by atoms with Crippen LogP contribution in [-0.4, -0.2) is 32.7 Å². The molecule has 1 atom stereocenters. The summed E-state index contributed by atoms with van der Waals surface area (Å²) in [5.41, 5.74) is 4.17. The van der Waals surface area contributed by atoms with Crippen molar-refractivity contribution in [3.8, 4) is 11.3 Å². The SMILES string of the molecule is Cc1cccc(CNc2cc(-c3ccncc3)nc(N[C@H](C)CO)n2)c1. The van der Waals surface area contributed by atoms with E-state index in [0.717, 1.165) is 17.1 Å². The van der Waals surface area contributed by atoms with E-state index in [1.54, 1.807) is 12.4 Å². The van der Waals surface area contributed by atoms with Gasteiger partial charge in [-0.05, 0) is 31.5 Å². The lowest BCUT2D eigenvalue weighted by atomic mass is 10.1. The summed E-state index contributed by atoms with van der Waals surface area (Å²) < 4.78 is 0. The van der Waals surface area contributed by atoms with E-state index in [-0.39, 0.29) is 12.6 Å². The minimum absolute atomic E-state index is 0.00883. The Balaban J connectivity index is 1.86. The van der Waals surface area contributed by atoms with Crippen LogP contribution in [0.5, 0.6) is 0 Å². The number of anilines is 2. The van der Waals surface area contributed by atoms with Crippen molar-refractivity contribution in [1.29, 1.82) is 0 Å². The molecule has 1 aromatic carbocycles. The maximum Gasteiger partial charge on any atom is 0.225 e. The minimum Gasteiger partial charge on any atom is -0.394 e. The molecule has 134 valence electrons. The second-order valence-corrected chi connectivity index (χ2v) is 6.27. The zero-order valence-electron chi connectivity index (χ0n) is 15.0. The maximum absolute atomic E-state index is 9.29. The molecule has 0 amide bonds. The largest absolute Gasteiger partial charge is 0.394 e. The van der Waals surface area contributed by atoms with Crippen molar-refractivity contribution >= 4 is 11.8 Å². The van der Waals surface area contributed by atoms with E-state index < -0.39 is 0 Å². The van der Waals surface area contributed by atoms with Crippen molar-refractivity contribution in [2.45, 2.75) is 26.4 Å². The van der Waals surface area contributed by atoms with Gasteiger partial charge in [0.25, 0.3) is 0 Å². The topological polar surface area (TPSA) is 83.0 Å². The predicted octanol–water partition coefficient (Wildman–Crippen LogP) is 3.25. The van der Waals surface area contributed by atoms with Crippen LogP contribution < -0.4 is 10.6 Å². The normalized spacial score (nSPS) is 11.8. The highest BCUT2D eigenvalue weighted by atomic mass is 16.3. The zero-order valence-corrected chi connectivity index (χ0v) is 15.0. The van der Waals surface area contributed by atoms with Crippen LogP contribution in [0, 0.1) is 6.92 Å². The van der Waals surface area contributed by atoms with E-state index >= 15 is 0 Å². The number of nitrogens with one attached hydrogen (secondary N) is 2. The van der Waals surface area contributed by atoms with Gasteiger partial charge in [-0.15, -0.1) is 0 Å². The van der Waals surface area contributed by atoms with Crippen molar-refractivity contribution in [1.82, 2.24) is 15.0 Å².